The van der Waals surface area contributed by atoms with Gasteiger partial charge < -0.3 is 10.1 Å². The van der Waals surface area contributed by atoms with Crippen molar-refractivity contribution in [3.8, 4) is 0 Å². The van der Waals surface area contributed by atoms with E-state index in [1.807, 2.05) is 0 Å². The highest BCUT2D eigenvalue weighted by Crippen LogP contribution is 2.20. The lowest BCUT2D eigenvalue weighted by molar-refractivity contribution is 0.0790. The van der Waals surface area contributed by atoms with E-state index < -0.39 is 0 Å². The standard InChI is InChI=1S/C12H22N4OS/c1-3-6-13-12-11(14-15-18-12)9-16(2)8-10-5-4-7-17-10/h10,13H,3-9H2,1-2H3. The Morgan fingerprint density at radius 2 is 2.44 bits per heavy atom. The smallest absolute Gasteiger partial charge is 0.134 e. The van der Waals surface area contributed by atoms with Gasteiger partial charge in [0, 0.05) is 37.8 Å². The molecule has 1 aliphatic rings. The summed E-state index contributed by atoms with van der Waals surface area (Å²) < 4.78 is 9.68. The first kappa shape index (κ1) is 13.7. The fraction of sp³-hybridized carbons (Fsp3) is 0.833. The third-order valence-electron chi connectivity index (χ3n) is 3.05. The summed E-state index contributed by atoms with van der Waals surface area (Å²) >= 11 is 1.44. The molecular weight excluding hydrogens is 248 g/mol. The molecule has 102 valence electrons. The molecule has 6 heteroatoms. The number of rotatable bonds is 7. The summed E-state index contributed by atoms with van der Waals surface area (Å²) in [6.45, 7) is 5.87. The van der Waals surface area contributed by atoms with Crippen LogP contribution < -0.4 is 5.32 Å². The van der Waals surface area contributed by atoms with Crippen LogP contribution in [0, 0.1) is 0 Å². The Labute approximate surface area is 113 Å². The van der Waals surface area contributed by atoms with E-state index in [0.29, 0.717) is 6.10 Å². The van der Waals surface area contributed by atoms with Crippen molar-refractivity contribution in [1.29, 1.82) is 0 Å². The molecule has 0 bridgehead atoms. The molecule has 1 fully saturated rings. The SMILES string of the molecule is CCCNc1snnc1CN(C)CC1CCCO1. The molecule has 0 radical (unpaired) electrons. The minimum absolute atomic E-state index is 0.397. The van der Waals surface area contributed by atoms with Crippen LogP contribution >= 0.6 is 11.5 Å². The van der Waals surface area contributed by atoms with Gasteiger partial charge in [-0.25, -0.2) is 0 Å². The third kappa shape index (κ3) is 3.90. The van der Waals surface area contributed by atoms with Gasteiger partial charge in [-0.05, 0) is 26.3 Å². The molecule has 18 heavy (non-hydrogen) atoms. The van der Waals surface area contributed by atoms with E-state index in [1.165, 1.54) is 24.4 Å². The topological polar surface area (TPSA) is 50.3 Å². The molecule has 0 aliphatic carbocycles. The predicted molar refractivity (Wildman–Crippen MR) is 74.0 cm³/mol. The second kappa shape index (κ2) is 7.01. The van der Waals surface area contributed by atoms with E-state index in [9.17, 15) is 0 Å². The molecule has 2 rings (SSSR count). The number of anilines is 1. The highest BCUT2D eigenvalue weighted by Gasteiger charge is 2.18. The minimum Gasteiger partial charge on any atom is -0.377 e. The maximum absolute atomic E-state index is 5.65. The first-order valence-electron chi connectivity index (χ1n) is 6.65. The summed E-state index contributed by atoms with van der Waals surface area (Å²) in [5.41, 5.74) is 1.05. The average Bonchev–Trinajstić information content (AvgIpc) is 2.98. The molecule has 0 spiro atoms. The van der Waals surface area contributed by atoms with Crippen LogP contribution in [0.2, 0.25) is 0 Å². The zero-order chi connectivity index (χ0) is 12.8. The second-order valence-electron chi connectivity index (χ2n) is 4.81. The molecule has 2 heterocycles. The van der Waals surface area contributed by atoms with Crippen LogP contribution in [0.15, 0.2) is 0 Å². The van der Waals surface area contributed by atoms with Crippen molar-refractivity contribution in [2.24, 2.45) is 0 Å². The molecule has 5 nitrogen and oxygen atoms in total. The van der Waals surface area contributed by atoms with Crippen molar-refractivity contribution in [1.82, 2.24) is 14.5 Å². The Morgan fingerprint density at radius 3 is 3.17 bits per heavy atom. The van der Waals surface area contributed by atoms with Crippen LogP contribution in [0.5, 0.6) is 0 Å². The number of aromatic nitrogens is 2. The highest BCUT2D eigenvalue weighted by molar-refractivity contribution is 7.10. The molecule has 0 amide bonds. The monoisotopic (exact) mass is 270 g/mol. The highest BCUT2D eigenvalue weighted by atomic mass is 32.1. The maximum atomic E-state index is 5.65. The Morgan fingerprint density at radius 1 is 1.56 bits per heavy atom. The number of ether oxygens (including phenoxy) is 1. The zero-order valence-corrected chi connectivity index (χ0v) is 12.0. The lowest BCUT2D eigenvalue weighted by Crippen LogP contribution is -2.28. The Hall–Kier alpha value is -0.720. The fourth-order valence-corrected chi connectivity index (χ4v) is 2.74. The van der Waals surface area contributed by atoms with Crippen LogP contribution in [-0.2, 0) is 11.3 Å². The molecule has 1 saturated heterocycles. The van der Waals surface area contributed by atoms with Gasteiger partial charge >= 0.3 is 0 Å². The molecule has 0 saturated carbocycles. The molecule has 1 atom stereocenters. The molecule has 1 N–H and O–H groups in total. The summed E-state index contributed by atoms with van der Waals surface area (Å²) in [5, 5.41) is 8.69. The first-order chi connectivity index (χ1) is 8.79. The van der Waals surface area contributed by atoms with Crippen molar-refractivity contribution in [3.63, 3.8) is 0 Å². The van der Waals surface area contributed by atoms with E-state index in [1.54, 1.807) is 0 Å². The van der Waals surface area contributed by atoms with Crippen molar-refractivity contribution in [3.05, 3.63) is 5.69 Å². The van der Waals surface area contributed by atoms with Gasteiger partial charge in [0.25, 0.3) is 0 Å². The average molecular weight is 270 g/mol. The van der Waals surface area contributed by atoms with Crippen LogP contribution in [0.4, 0.5) is 5.00 Å². The van der Waals surface area contributed by atoms with Crippen molar-refractivity contribution >= 4 is 16.5 Å². The van der Waals surface area contributed by atoms with Crippen molar-refractivity contribution in [2.75, 3.05) is 32.1 Å². The van der Waals surface area contributed by atoms with E-state index in [4.69, 9.17) is 4.74 Å². The second-order valence-corrected chi connectivity index (χ2v) is 5.56. The van der Waals surface area contributed by atoms with E-state index in [-0.39, 0.29) is 0 Å². The molecule has 1 unspecified atom stereocenters. The Balaban J connectivity index is 1.81. The van der Waals surface area contributed by atoms with Gasteiger partial charge in [-0.1, -0.05) is 11.4 Å². The normalized spacial score (nSPS) is 19.6. The number of nitrogens with zero attached hydrogens (tertiary/aromatic N) is 3. The van der Waals surface area contributed by atoms with Gasteiger partial charge in [0.15, 0.2) is 0 Å². The molecule has 1 aromatic heterocycles. The lowest BCUT2D eigenvalue weighted by Gasteiger charge is -2.19. The van der Waals surface area contributed by atoms with Gasteiger partial charge in [0.2, 0.25) is 0 Å². The van der Waals surface area contributed by atoms with Gasteiger partial charge in [0.05, 0.1) is 6.10 Å². The van der Waals surface area contributed by atoms with Gasteiger partial charge in [0.1, 0.15) is 10.7 Å². The molecular formula is C12H22N4OS. The fourth-order valence-electron chi connectivity index (χ4n) is 2.14. The minimum atomic E-state index is 0.397. The largest absolute Gasteiger partial charge is 0.377 e. The maximum Gasteiger partial charge on any atom is 0.134 e. The summed E-state index contributed by atoms with van der Waals surface area (Å²) in [7, 11) is 2.12. The van der Waals surface area contributed by atoms with Gasteiger partial charge in [-0.3, -0.25) is 4.90 Å². The number of hydrogen-bond acceptors (Lipinski definition) is 6. The summed E-state index contributed by atoms with van der Waals surface area (Å²) in [6.07, 6.45) is 3.89. The van der Waals surface area contributed by atoms with E-state index in [0.717, 1.165) is 43.4 Å². The van der Waals surface area contributed by atoms with Crippen LogP contribution in [0.25, 0.3) is 0 Å². The summed E-state index contributed by atoms with van der Waals surface area (Å²) in [4.78, 5) is 2.27. The number of likely N-dealkylation sites (N-methyl/N-ethyl adjacent to an activating group) is 1. The zero-order valence-electron chi connectivity index (χ0n) is 11.2. The van der Waals surface area contributed by atoms with E-state index >= 15 is 0 Å². The molecule has 1 aromatic rings. The Bertz CT molecular complexity index is 352. The quantitative estimate of drug-likeness (QED) is 0.821. The predicted octanol–water partition coefficient (Wildman–Crippen LogP) is 1.97. The van der Waals surface area contributed by atoms with E-state index in [2.05, 4.69) is 33.8 Å². The van der Waals surface area contributed by atoms with Crippen LogP contribution in [0.3, 0.4) is 0 Å². The third-order valence-corrected chi connectivity index (χ3v) is 3.78. The number of hydrogen-bond donors (Lipinski definition) is 1. The van der Waals surface area contributed by atoms with Crippen molar-refractivity contribution in [2.45, 2.75) is 38.8 Å². The van der Waals surface area contributed by atoms with Crippen LogP contribution in [0.1, 0.15) is 31.9 Å². The van der Waals surface area contributed by atoms with Gasteiger partial charge in [-0.2, -0.15) is 0 Å². The number of nitrogens with one attached hydrogen (secondary N) is 1. The summed E-state index contributed by atoms with van der Waals surface area (Å²) in [6, 6.07) is 0. The molecule has 1 aliphatic heterocycles. The first-order valence-corrected chi connectivity index (χ1v) is 7.42. The Kier molecular flexibility index (Phi) is 5.34. The van der Waals surface area contributed by atoms with Gasteiger partial charge in [-0.15, -0.1) is 5.10 Å². The molecule has 0 aromatic carbocycles. The summed E-state index contributed by atoms with van der Waals surface area (Å²) in [5.74, 6) is 0. The lowest BCUT2D eigenvalue weighted by atomic mass is 10.2. The van der Waals surface area contributed by atoms with Crippen molar-refractivity contribution < 1.29 is 4.74 Å². The van der Waals surface area contributed by atoms with Crippen LogP contribution in [-0.4, -0.2) is 47.3 Å².